The standard InChI is InChI=1S/C28H32O2/c1-21-22(2)27(29-19-24-14-8-4-9-15-24)28(30-20-25-16-10-5-11-17-25)26(21)18-23-12-6-3-7-13-23/h3-17,21-22,26-28H,18-20H2,1-2H3/t21?,22-,26-,27+,28+/m1/s1. The summed E-state index contributed by atoms with van der Waals surface area (Å²) in [5, 5.41) is 0. The summed E-state index contributed by atoms with van der Waals surface area (Å²) in [6.45, 7) is 5.94. The summed E-state index contributed by atoms with van der Waals surface area (Å²) < 4.78 is 13.1. The molecule has 0 saturated heterocycles. The van der Waals surface area contributed by atoms with Gasteiger partial charge >= 0.3 is 0 Å². The first-order valence-corrected chi connectivity index (χ1v) is 11.1. The summed E-state index contributed by atoms with van der Waals surface area (Å²) in [4.78, 5) is 0. The second kappa shape index (κ2) is 10.1. The Kier molecular flexibility index (Phi) is 6.99. The van der Waals surface area contributed by atoms with Crippen molar-refractivity contribution in [2.24, 2.45) is 17.8 Å². The summed E-state index contributed by atoms with van der Waals surface area (Å²) in [6.07, 6.45) is 1.20. The largest absolute Gasteiger partial charge is 0.371 e. The van der Waals surface area contributed by atoms with Crippen LogP contribution in [0.2, 0.25) is 0 Å². The highest BCUT2D eigenvalue weighted by Crippen LogP contribution is 2.43. The normalized spacial score (nSPS) is 26.0. The van der Waals surface area contributed by atoms with E-state index in [9.17, 15) is 0 Å². The van der Waals surface area contributed by atoms with Crippen LogP contribution in [0.25, 0.3) is 0 Å². The van der Waals surface area contributed by atoms with Crippen LogP contribution in [0.15, 0.2) is 91.0 Å². The number of ether oxygens (including phenoxy) is 2. The van der Waals surface area contributed by atoms with Gasteiger partial charge in [-0.15, -0.1) is 0 Å². The highest BCUT2D eigenvalue weighted by atomic mass is 16.5. The van der Waals surface area contributed by atoms with Gasteiger partial charge in [-0.3, -0.25) is 0 Å². The summed E-state index contributed by atoms with van der Waals surface area (Å²) >= 11 is 0. The maximum absolute atomic E-state index is 6.59. The maximum Gasteiger partial charge on any atom is 0.0878 e. The monoisotopic (exact) mass is 400 g/mol. The van der Waals surface area contributed by atoms with Crippen molar-refractivity contribution >= 4 is 0 Å². The fourth-order valence-electron chi connectivity index (χ4n) is 4.72. The van der Waals surface area contributed by atoms with Crippen LogP contribution in [-0.4, -0.2) is 12.2 Å². The molecule has 2 heteroatoms. The molecule has 30 heavy (non-hydrogen) atoms. The van der Waals surface area contributed by atoms with E-state index in [4.69, 9.17) is 9.47 Å². The molecule has 0 bridgehead atoms. The lowest BCUT2D eigenvalue weighted by molar-refractivity contribution is -0.0939. The van der Waals surface area contributed by atoms with E-state index >= 15 is 0 Å². The van der Waals surface area contributed by atoms with Crippen molar-refractivity contribution in [2.45, 2.75) is 45.7 Å². The molecule has 0 spiro atoms. The average Bonchev–Trinajstić information content (AvgIpc) is 3.02. The minimum atomic E-state index is 0.0825. The molecule has 1 fully saturated rings. The van der Waals surface area contributed by atoms with Crippen LogP contribution in [0.1, 0.15) is 30.5 Å². The lowest BCUT2D eigenvalue weighted by Gasteiger charge is -2.27. The topological polar surface area (TPSA) is 18.5 Å². The van der Waals surface area contributed by atoms with Gasteiger partial charge in [0.25, 0.3) is 0 Å². The van der Waals surface area contributed by atoms with Crippen LogP contribution in [0.3, 0.4) is 0 Å². The molecular formula is C28H32O2. The molecule has 0 amide bonds. The molecule has 4 rings (SSSR count). The second-order valence-corrected chi connectivity index (χ2v) is 8.59. The minimum Gasteiger partial charge on any atom is -0.371 e. The summed E-state index contributed by atoms with van der Waals surface area (Å²) in [5.74, 6) is 1.42. The molecule has 0 N–H and O–H groups in total. The smallest absolute Gasteiger partial charge is 0.0878 e. The number of rotatable bonds is 8. The van der Waals surface area contributed by atoms with Crippen molar-refractivity contribution in [2.75, 3.05) is 0 Å². The molecule has 1 aliphatic rings. The predicted octanol–water partition coefficient (Wildman–Crippen LogP) is 6.30. The Balaban J connectivity index is 1.52. The zero-order chi connectivity index (χ0) is 20.8. The molecule has 0 heterocycles. The van der Waals surface area contributed by atoms with Gasteiger partial charge in [-0.05, 0) is 40.9 Å². The van der Waals surface area contributed by atoms with E-state index in [2.05, 4.69) is 92.7 Å². The molecule has 3 aromatic rings. The maximum atomic E-state index is 6.59. The molecule has 5 atom stereocenters. The zero-order valence-corrected chi connectivity index (χ0v) is 18.0. The van der Waals surface area contributed by atoms with E-state index in [0.717, 1.165) is 6.42 Å². The van der Waals surface area contributed by atoms with Crippen molar-refractivity contribution in [3.8, 4) is 0 Å². The Hall–Kier alpha value is -2.42. The third-order valence-electron chi connectivity index (χ3n) is 6.65. The third kappa shape index (κ3) is 5.00. The van der Waals surface area contributed by atoms with Gasteiger partial charge in [0.1, 0.15) is 0 Å². The van der Waals surface area contributed by atoms with Gasteiger partial charge in [-0.1, -0.05) is 105 Å². The number of hydrogen-bond donors (Lipinski definition) is 0. The van der Waals surface area contributed by atoms with E-state index < -0.39 is 0 Å². The van der Waals surface area contributed by atoms with Crippen LogP contribution in [0.5, 0.6) is 0 Å². The van der Waals surface area contributed by atoms with Gasteiger partial charge in [-0.2, -0.15) is 0 Å². The highest BCUT2D eigenvalue weighted by molar-refractivity contribution is 5.18. The van der Waals surface area contributed by atoms with Crippen LogP contribution in [-0.2, 0) is 29.1 Å². The zero-order valence-electron chi connectivity index (χ0n) is 18.0. The average molecular weight is 401 g/mol. The van der Waals surface area contributed by atoms with E-state index in [0.29, 0.717) is 31.0 Å². The van der Waals surface area contributed by atoms with Gasteiger partial charge in [0, 0.05) is 0 Å². The van der Waals surface area contributed by atoms with E-state index in [1.807, 2.05) is 12.1 Å². The second-order valence-electron chi connectivity index (χ2n) is 8.59. The number of benzene rings is 3. The SMILES string of the molecule is CC1[C@@H](C)[C@H](OCc2ccccc2)[C@@H](OCc2ccccc2)[C@@H]1Cc1ccccc1. The molecule has 2 nitrogen and oxygen atoms in total. The lowest BCUT2D eigenvalue weighted by Crippen LogP contribution is -2.34. The van der Waals surface area contributed by atoms with E-state index in [1.165, 1.54) is 16.7 Å². The van der Waals surface area contributed by atoms with Crippen molar-refractivity contribution < 1.29 is 9.47 Å². The Morgan fingerprint density at radius 2 is 0.967 bits per heavy atom. The Bertz CT molecular complexity index is 878. The Morgan fingerprint density at radius 1 is 0.533 bits per heavy atom. The van der Waals surface area contributed by atoms with Gasteiger partial charge in [0.05, 0.1) is 25.4 Å². The predicted molar refractivity (Wildman–Crippen MR) is 122 cm³/mol. The van der Waals surface area contributed by atoms with Gasteiger partial charge in [-0.25, -0.2) is 0 Å². The Morgan fingerprint density at radius 3 is 1.47 bits per heavy atom. The fourth-order valence-corrected chi connectivity index (χ4v) is 4.72. The van der Waals surface area contributed by atoms with Crippen molar-refractivity contribution in [1.82, 2.24) is 0 Å². The van der Waals surface area contributed by atoms with Crippen LogP contribution >= 0.6 is 0 Å². The molecule has 1 aliphatic carbocycles. The quantitative estimate of drug-likeness (QED) is 0.442. The van der Waals surface area contributed by atoms with Crippen molar-refractivity contribution in [3.05, 3.63) is 108 Å². The van der Waals surface area contributed by atoms with Gasteiger partial charge in [0.2, 0.25) is 0 Å². The summed E-state index contributed by atoms with van der Waals surface area (Å²) in [7, 11) is 0. The third-order valence-corrected chi connectivity index (χ3v) is 6.65. The van der Waals surface area contributed by atoms with Crippen LogP contribution in [0, 0.1) is 17.8 Å². The van der Waals surface area contributed by atoms with Gasteiger partial charge < -0.3 is 9.47 Å². The Labute approximate surface area is 180 Å². The highest BCUT2D eigenvalue weighted by Gasteiger charge is 2.47. The van der Waals surface area contributed by atoms with Crippen LogP contribution in [0.4, 0.5) is 0 Å². The molecular weight excluding hydrogens is 368 g/mol. The summed E-state index contributed by atoms with van der Waals surface area (Å²) in [5.41, 5.74) is 3.80. The van der Waals surface area contributed by atoms with Gasteiger partial charge in [0.15, 0.2) is 0 Å². The molecule has 0 radical (unpaired) electrons. The lowest BCUT2D eigenvalue weighted by atomic mass is 9.87. The molecule has 1 unspecified atom stereocenters. The first-order valence-electron chi connectivity index (χ1n) is 11.1. The van der Waals surface area contributed by atoms with Crippen molar-refractivity contribution in [3.63, 3.8) is 0 Å². The minimum absolute atomic E-state index is 0.0825. The number of hydrogen-bond acceptors (Lipinski definition) is 2. The van der Waals surface area contributed by atoms with E-state index in [1.54, 1.807) is 0 Å². The van der Waals surface area contributed by atoms with E-state index in [-0.39, 0.29) is 12.2 Å². The molecule has 156 valence electrons. The first kappa shape index (κ1) is 20.8. The molecule has 3 aromatic carbocycles. The molecule has 0 aliphatic heterocycles. The molecule has 0 aromatic heterocycles. The van der Waals surface area contributed by atoms with Crippen molar-refractivity contribution in [1.29, 1.82) is 0 Å². The molecule has 1 saturated carbocycles. The summed E-state index contributed by atoms with van der Waals surface area (Å²) in [6, 6.07) is 31.7. The fraction of sp³-hybridized carbons (Fsp3) is 0.357. The first-order chi connectivity index (χ1) is 14.7. The van der Waals surface area contributed by atoms with Crippen LogP contribution < -0.4 is 0 Å².